The Balaban J connectivity index is 2.60. The third-order valence-corrected chi connectivity index (χ3v) is 3.60. The van der Waals surface area contributed by atoms with Crippen LogP contribution in [0, 0.1) is 17.0 Å². The summed E-state index contributed by atoms with van der Waals surface area (Å²) in [7, 11) is 0. The van der Waals surface area contributed by atoms with Crippen molar-refractivity contribution in [3.8, 4) is 5.69 Å². The van der Waals surface area contributed by atoms with Gasteiger partial charge in [0.15, 0.2) is 0 Å². The number of aliphatic hydroxyl groups excluding tert-OH is 1. The first-order valence-corrected chi connectivity index (χ1v) is 6.44. The van der Waals surface area contributed by atoms with Crippen LogP contribution >= 0.6 is 15.9 Å². The van der Waals surface area contributed by atoms with Gasteiger partial charge in [-0.25, -0.2) is 4.68 Å². The van der Waals surface area contributed by atoms with Crippen molar-refractivity contribution in [1.29, 1.82) is 0 Å². The molecule has 0 bridgehead atoms. The van der Waals surface area contributed by atoms with Crippen LogP contribution in [0.25, 0.3) is 5.69 Å². The molecule has 1 aromatic heterocycles. The number of rotatable bonds is 4. The van der Waals surface area contributed by atoms with Crippen molar-refractivity contribution >= 4 is 21.6 Å². The molecule has 0 aliphatic rings. The summed E-state index contributed by atoms with van der Waals surface area (Å²) < 4.78 is 2.12. The van der Waals surface area contributed by atoms with E-state index in [1.165, 1.54) is 10.7 Å². The average Bonchev–Trinajstić information content (AvgIpc) is 2.67. The lowest BCUT2D eigenvalue weighted by Crippen LogP contribution is -2.02. The Hall–Kier alpha value is -1.73. The van der Waals surface area contributed by atoms with Crippen molar-refractivity contribution in [2.24, 2.45) is 0 Å². The minimum absolute atomic E-state index is 0.00200. The van der Waals surface area contributed by atoms with Crippen LogP contribution in [0.4, 0.5) is 5.69 Å². The van der Waals surface area contributed by atoms with Gasteiger partial charge < -0.3 is 5.11 Å². The second-order valence-corrected chi connectivity index (χ2v) is 4.74. The molecule has 0 spiro atoms. The molecular formula is C12H12BrN3O3. The second kappa shape index (κ2) is 5.50. The molecule has 0 unspecified atom stereocenters. The van der Waals surface area contributed by atoms with E-state index in [-0.39, 0.29) is 12.3 Å². The highest BCUT2D eigenvalue weighted by molar-refractivity contribution is 9.10. The Labute approximate surface area is 118 Å². The molecule has 19 heavy (non-hydrogen) atoms. The van der Waals surface area contributed by atoms with Crippen LogP contribution < -0.4 is 0 Å². The van der Waals surface area contributed by atoms with E-state index in [2.05, 4.69) is 21.0 Å². The van der Waals surface area contributed by atoms with Crippen LogP contribution in [-0.2, 0) is 6.42 Å². The molecule has 6 nitrogen and oxygen atoms in total. The number of hydrogen-bond donors (Lipinski definition) is 1. The maximum Gasteiger partial charge on any atom is 0.294 e. The number of aryl methyl sites for hydroxylation is 1. The summed E-state index contributed by atoms with van der Waals surface area (Å²) in [5.41, 5.74) is 1.97. The summed E-state index contributed by atoms with van der Waals surface area (Å²) in [6.07, 6.45) is 0.451. The number of benzene rings is 1. The summed E-state index contributed by atoms with van der Waals surface area (Å²) in [5.74, 6) is 0. The Morgan fingerprint density at radius 3 is 2.79 bits per heavy atom. The number of aromatic nitrogens is 2. The molecule has 0 aliphatic carbocycles. The van der Waals surface area contributed by atoms with Gasteiger partial charge in [-0.05, 0) is 28.9 Å². The topological polar surface area (TPSA) is 81.2 Å². The predicted molar refractivity (Wildman–Crippen MR) is 73.4 cm³/mol. The van der Waals surface area contributed by atoms with Gasteiger partial charge in [0.25, 0.3) is 5.69 Å². The molecule has 0 radical (unpaired) electrons. The first-order valence-electron chi connectivity index (χ1n) is 5.65. The van der Waals surface area contributed by atoms with E-state index in [1.807, 2.05) is 0 Å². The fourth-order valence-corrected chi connectivity index (χ4v) is 2.64. The number of hydrogen-bond acceptors (Lipinski definition) is 4. The van der Waals surface area contributed by atoms with Gasteiger partial charge in [0, 0.05) is 24.7 Å². The fraction of sp³-hybridized carbons (Fsp3) is 0.250. The minimum Gasteiger partial charge on any atom is -0.396 e. The van der Waals surface area contributed by atoms with Crippen molar-refractivity contribution in [3.63, 3.8) is 0 Å². The van der Waals surface area contributed by atoms with E-state index in [0.29, 0.717) is 16.7 Å². The summed E-state index contributed by atoms with van der Waals surface area (Å²) >= 11 is 3.39. The molecule has 0 aliphatic heterocycles. The molecule has 2 rings (SSSR count). The van der Waals surface area contributed by atoms with E-state index < -0.39 is 4.92 Å². The number of para-hydroxylation sites is 2. The molecule has 0 atom stereocenters. The van der Waals surface area contributed by atoms with Gasteiger partial charge in [0.2, 0.25) is 0 Å². The Bertz CT molecular complexity index is 625. The third kappa shape index (κ3) is 2.52. The van der Waals surface area contributed by atoms with Gasteiger partial charge in [-0.3, -0.25) is 10.1 Å². The third-order valence-electron chi connectivity index (χ3n) is 2.79. The van der Waals surface area contributed by atoms with Crippen molar-refractivity contribution in [2.75, 3.05) is 6.61 Å². The zero-order chi connectivity index (χ0) is 14.0. The van der Waals surface area contributed by atoms with E-state index in [4.69, 9.17) is 5.11 Å². The average molecular weight is 326 g/mol. The van der Waals surface area contributed by atoms with Gasteiger partial charge >= 0.3 is 0 Å². The molecule has 0 saturated carbocycles. The molecule has 100 valence electrons. The molecule has 1 heterocycles. The monoisotopic (exact) mass is 325 g/mol. The normalized spacial score (nSPS) is 10.7. The quantitative estimate of drug-likeness (QED) is 0.691. The van der Waals surface area contributed by atoms with E-state index in [0.717, 1.165) is 11.3 Å². The lowest BCUT2D eigenvalue weighted by Gasteiger charge is -2.04. The summed E-state index contributed by atoms with van der Waals surface area (Å²) in [6, 6.07) is 6.40. The minimum atomic E-state index is -0.440. The summed E-state index contributed by atoms with van der Waals surface area (Å²) in [6.45, 7) is 1.81. The standard InChI is InChI=1S/C12H12BrN3O3/c1-8-9(6-7-17)12(13)15(14-8)10-4-2-3-5-11(10)16(18)19/h2-5,17H,6-7H2,1H3. The van der Waals surface area contributed by atoms with Gasteiger partial charge in [-0.15, -0.1) is 0 Å². The van der Waals surface area contributed by atoms with E-state index in [1.54, 1.807) is 25.1 Å². The van der Waals surface area contributed by atoms with Crippen molar-refractivity contribution < 1.29 is 10.0 Å². The maximum atomic E-state index is 11.0. The highest BCUT2D eigenvalue weighted by Crippen LogP contribution is 2.29. The van der Waals surface area contributed by atoms with Gasteiger partial charge in [-0.2, -0.15) is 5.10 Å². The number of nitrogens with zero attached hydrogens (tertiary/aromatic N) is 3. The highest BCUT2D eigenvalue weighted by Gasteiger charge is 2.20. The van der Waals surface area contributed by atoms with Gasteiger partial charge in [-0.1, -0.05) is 12.1 Å². The largest absolute Gasteiger partial charge is 0.396 e. The molecule has 1 N–H and O–H groups in total. The van der Waals surface area contributed by atoms with Crippen LogP contribution in [0.1, 0.15) is 11.3 Å². The Kier molecular flexibility index (Phi) is 3.96. The SMILES string of the molecule is Cc1nn(-c2ccccc2[N+](=O)[O-])c(Br)c1CCO. The zero-order valence-electron chi connectivity index (χ0n) is 10.2. The van der Waals surface area contributed by atoms with Crippen molar-refractivity contribution in [3.05, 3.63) is 50.2 Å². The maximum absolute atomic E-state index is 11.0. The van der Waals surface area contributed by atoms with Crippen LogP contribution in [0.15, 0.2) is 28.9 Å². The molecule has 0 saturated heterocycles. The molecule has 0 fully saturated rings. The number of halogens is 1. The molecule has 7 heteroatoms. The van der Waals surface area contributed by atoms with Crippen LogP contribution in [-0.4, -0.2) is 26.4 Å². The second-order valence-electron chi connectivity index (χ2n) is 3.99. The van der Waals surface area contributed by atoms with Crippen LogP contribution in [0.5, 0.6) is 0 Å². The first kappa shape index (κ1) is 13.7. The number of nitro groups is 1. The lowest BCUT2D eigenvalue weighted by atomic mass is 10.2. The van der Waals surface area contributed by atoms with Crippen LogP contribution in [0.2, 0.25) is 0 Å². The van der Waals surface area contributed by atoms with Crippen molar-refractivity contribution in [2.45, 2.75) is 13.3 Å². The Morgan fingerprint density at radius 2 is 2.16 bits per heavy atom. The first-order chi connectivity index (χ1) is 9.06. The fourth-order valence-electron chi connectivity index (χ4n) is 1.88. The molecule has 2 aromatic rings. The predicted octanol–water partition coefficient (Wildman–Crippen LogP) is 2.39. The summed E-state index contributed by atoms with van der Waals surface area (Å²) in [4.78, 5) is 10.6. The van der Waals surface area contributed by atoms with Gasteiger partial charge in [0.05, 0.1) is 10.6 Å². The molecular weight excluding hydrogens is 314 g/mol. The van der Waals surface area contributed by atoms with Crippen molar-refractivity contribution in [1.82, 2.24) is 9.78 Å². The molecule has 1 aromatic carbocycles. The number of aliphatic hydroxyl groups is 1. The van der Waals surface area contributed by atoms with E-state index in [9.17, 15) is 10.1 Å². The zero-order valence-corrected chi connectivity index (χ0v) is 11.8. The Morgan fingerprint density at radius 1 is 1.47 bits per heavy atom. The van der Waals surface area contributed by atoms with Crippen LogP contribution in [0.3, 0.4) is 0 Å². The lowest BCUT2D eigenvalue weighted by molar-refractivity contribution is -0.384. The van der Waals surface area contributed by atoms with E-state index >= 15 is 0 Å². The van der Waals surface area contributed by atoms with Gasteiger partial charge in [0.1, 0.15) is 10.3 Å². The molecule has 0 amide bonds. The summed E-state index contributed by atoms with van der Waals surface area (Å²) in [5, 5.41) is 24.4. The smallest absolute Gasteiger partial charge is 0.294 e. The highest BCUT2D eigenvalue weighted by atomic mass is 79.9. The number of nitro benzene ring substituents is 1.